The molecule has 0 radical (unpaired) electrons. The second-order valence-electron chi connectivity index (χ2n) is 5.04. The molecule has 0 aromatic carbocycles. The molecule has 1 aliphatic rings. The lowest BCUT2D eigenvalue weighted by Gasteiger charge is -2.34. The molecular formula is C13H22N4O. The van der Waals surface area contributed by atoms with Crippen LogP contribution in [0.15, 0.2) is 0 Å². The van der Waals surface area contributed by atoms with Crippen molar-refractivity contribution in [3.05, 3.63) is 0 Å². The van der Waals surface area contributed by atoms with E-state index in [1.165, 1.54) is 0 Å². The molecule has 0 aromatic rings. The smallest absolute Gasteiger partial charge is 0.0829 e. The van der Waals surface area contributed by atoms with Gasteiger partial charge in [0.05, 0.1) is 30.8 Å². The molecule has 1 heterocycles. The Balaban J connectivity index is 2.37. The van der Waals surface area contributed by atoms with Crippen LogP contribution in [-0.4, -0.2) is 62.8 Å². The maximum atomic E-state index is 9.07. The van der Waals surface area contributed by atoms with Crippen LogP contribution in [0.25, 0.3) is 0 Å². The average Bonchev–Trinajstić information content (AvgIpc) is 2.34. The predicted molar refractivity (Wildman–Crippen MR) is 68.7 cm³/mol. The molecule has 1 rings (SSSR count). The van der Waals surface area contributed by atoms with Gasteiger partial charge in [0.25, 0.3) is 0 Å². The topological polar surface area (TPSA) is 63.3 Å². The summed E-state index contributed by atoms with van der Waals surface area (Å²) in [5, 5.41) is 17.6. The van der Waals surface area contributed by atoms with E-state index in [4.69, 9.17) is 15.3 Å². The van der Waals surface area contributed by atoms with Gasteiger partial charge < -0.3 is 9.64 Å². The molecule has 0 N–H and O–H groups in total. The molecule has 18 heavy (non-hydrogen) atoms. The van der Waals surface area contributed by atoms with Gasteiger partial charge in [-0.2, -0.15) is 10.5 Å². The van der Waals surface area contributed by atoms with E-state index in [0.29, 0.717) is 12.8 Å². The Kier molecular flexibility index (Phi) is 6.67. The van der Waals surface area contributed by atoms with Crippen LogP contribution in [0, 0.1) is 28.6 Å². The SMILES string of the molecule is CN(C)C[C@H]1CN(C[C@H](C#N)CCC#N)CCO1. The van der Waals surface area contributed by atoms with E-state index in [1.807, 2.05) is 14.1 Å². The highest BCUT2D eigenvalue weighted by Gasteiger charge is 2.23. The fourth-order valence-electron chi connectivity index (χ4n) is 2.21. The third-order valence-corrected chi connectivity index (χ3v) is 3.06. The minimum atomic E-state index is -0.0391. The Morgan fingerprint density at radius 2 is 2.22 bits per heavy atom. The first-order chi connectivity index (χ1) is 8.65. The molecule has 1 fully saturated rings. The van der Waals surface area contributed by atoms with Crippen LogP contribution in [0.1, 0.15) is 12.8 Å². The van der Waals surface area contributed by atoms with Crippen LogP contribution in [0.5, 0.6) is 0 Å². The molecule has 100 valence electrons. The standard InChI is InChI=1S/C13H22N4O/c1-16(2)10-13-11-17(6-7-18-13)9-12(8-15)4-3-5-14/h12-13H,3-4,6-7,9-11H2,1-2H3/t12-,13-/m0/s1. The highest BCUT2D eigenvalue weighted by atomic mass is 16.5. The maximum absolute atomic E-state index is 9.07. The highest BCUT2D eigenvalue weighted by molar-refractivity contribution is 4.89. The molecule has 0 bridgehead atoms. The van der Waals surface area contributed by atoms with Crippen molar-refractivity contribution in [3.63, 3.8) is 0 Å². The molecule has 0 spiro atoms. The minimum absolute atomic E-state index is 0.0391. The van der Waals surface area contributed by atoms with Gasteiger partial charge >= 0.3 is 0 Å². The van der Waals surface area contributed by atoms with Crippen LogP contribution in [0.3, 0.4) is 0 Å². The number of likely N-dealkylation sites (N-methyl/N-ethyl adjacent to an activating group) is 1. The lowest BCUT2D eigenvalue weighted by atomic mass is 10.0. The van der Waals surface area contributed by atoms with Gasteiger partial charge in [0.2, 0.25) is 0 Å². The second-order valence-corrected chi connectivity index (χ2v) is 5.04. The maximum Gasteiger partial charge on any atom is 0.0829 e. The molecular weight excluding hydrogens is 228 g/mol. The van der Waals surface area contributed by atoms with Crippen LogP contribution >= 0.6 is 0 Å². The zero-order chi connectivity index (χ0) is 13.4. The van der Waals surface area contributed by atoms with Gasteiger partial charge in [-0.3, -0.25) is 4.90 Å². The van der Waals surface area contributed by atoms with Gasteiger partial charge in [0.15, 0.2) is 0 Å². The van der Waals surface area contributed by atoms with Crippen molar-refractivity contribution in [1.82, 2.24) is 9.80 Å². The molecule has 5 nitrogen and oxygen atoms in total. The molecule has 0 amide bonds. The van der Waals surface area contributed by atoms with Crippen molar-refractivity contribution in [1.29, 1.82) is 10.5 Å². The van der Waals surface area contributed by atoms with Crippen molar-refractivity contribution in [2.45, 2.75) is 18.9 Å². The third kappa shape index (κ3) is 5.46. The van der Waals surface area contributed by atoms with E-state index in [-0.39, 0.29) is 12.0 Å². The van der Waals surface area contributed by atoms with Crippen molar-refractivity contribution in [3.8, 4) is 12.1 Å². The lowest BCUT2D eigenvalue weighted by Crippen LogP contribution is -2.47. The van der Waals surface area contributed by atoms with Crippen molar-refractivity contribution in [2.24, 2.45) is 5.92 Å². The quantitative estimate of drug-likeness (QED) is 0.694. The monoisotopic (exact) mass is 250 g/mol. The Hall–Kier alpha value is -1.14. The van der Waals surface area contributed by atoms with Crippen LogP contribution in [0.4, 0.5) is 0 Å². The summed E-state index contributed by atoms with van der Waals surface area (Å²) in [7, 11) is 4.07. The third-order valence-electron chi connectivity index (χ3n) is 3.06. The summed E-state index contributed by atoms with van der Waals surface area (Å²) in [5.41, 5.74) is 0. The molecule has 0 aliphatic carbocycles. The summed E-state index contributed by atoms with van der Waals surface area (Å²) in [4.78, 5) is 4.40. The molecule has 1 saturated heterocycles. The highest BCUT2D eigenvalue weighted by Crippen LogP contribution is 2.12. The number of rotatable bonds is 6. The fourth-order valence-corrected chi connectivity index (χ4v) is 2.21. The van der Waals surface area contributed by atoms with Crippen molar-refractivity contribution in [2.75, 3.05) is 46.9 Å². The Morgan fingerprint density at radius 1 is 1.44 bits per heavy atom. The summed E-state index contributed by atoms with van der Waals surface area (Å²) < 4.78 is 5.70. The van der Waals surface area contributed by atoms with E-state index < -0.39 is 0 Å². The first-order valence-corrected chi connectivity index (χ1v) is 6.41. The number of hydrogen-bond acceptors (Lipinski definition) is 5. The van der Waals surface area contributed by atoms with Gasteiger partial charge in [-0.25, -0.2) is 0 Å². The second kappa shape index (κ2) is 8.05. The molecule has 0 saturated carbocycles. The average molecular weight is 250 g/mol. The van der Waals surface area contributed by atoms with E-state index in [9.17, 15) is 0 Å². The van der Waals surface area contributed by atoms with E-state index in [0.717, 1.165) is 32.8 Å². The Morgan fingerprint density at radius 3 is 2.83 bits per heavy atom. The summed E-state index contributed by atoms with van der Waals surface area (Å²) in [6.45, 7) is 4.16. The van der Waals surface area contributed by atoms with Crippen molar-refractivity contribution < 1.29 is 4.74 Å². The Bertz CT molecular complexity index is 318. The van der Waals surface area contributed by atoms with Crippen molar-refractivity contribution >= 4 is 0 Å². The fraction of sp³-hybridized carbons (Fsp3) is 0.846. The molecule has 2 atom stereocenters. The van der Waals surface area contributed by atoms with E-state index in [1.54, 1.807) is 0 Å². The minimum Gasteiger partial charge on any atom is -0.374 e. The van der Waals surface area contributed by atoms with E-state index in [2.05, 4.69) is 21.9 Å². The number of nitrogens with zero attached hydrogens (tertiary/aromatic N) is 4. The van der Waals surface area contributed by atoms with Gasteiger partial charge in [0.1, 0.15) is 0 Å². The molecule has 0 unspecified atom stereocenters. The van der Waals surface area contributed by atoms with Crippen LogP contribution < -0.4 is 0 Å². The molecule has 0 aromatic heterocycles. The van der Waals surface area contributed by atoms with E-state index >= 15 is 0 Å². The largest absolute Gasteiger partial charge is 0.374 e. The summed E-state index contributed by atoms with van der Waals surface area (Å²) in [6.07, 6.45) is 1.36. The van der Waals surface area contributed by atoms with Gasteiger partial charge in [-0.1, -0.05) is 0 Å². The first kappa shape index (κ1) is 14.9. The lowest BCUT2D eigenvalue weighted by molar-refractivity contribution is -0.0404. The van der Waals surface area contributed by atoms with Gasteiger partial charge in [0, 0.05) is 32.6 Å². The number of nitriles is 2. The number of ether oxygens (including phenoxy) is 1. The number of morpholine rings is 1. The van der Waals surface area contributed by atoms with Crippen LogP contribution in [0.2, 0.25) is 0 Å². The number of hydrogen-bond donors (Lipinski definition) is 0. The van der Waals surface area contributed by atoms with Crippen LogP contribution in [-0.2, 0) is 4.74 Å². The Labute approximate surface area is 110 Å². The molecule has 1 aliphatic heterocycles. The molecule has 5 heteroatoms. The normalized spacial score (nSPS) is 22.4. The summed E-state index contributed by atoms with van der Waals surface area (Å²) in [6, 6.07) is 4.40. The zero-order valence-corrected chi connectivity index (χ0v) is 11.3. The summed E-state index contributed by atoms with van der Waals surface area (Å²) in [5.74, 6) is -0.0391. The van der Waals surface area contributed by atoms with Gasteiger partial charge in [-0.15, -0.1) is 0 Å². The summed E-state index contributed by atoms with van der Waals surface area (Å²) >= 11 is 0. The van der Waals surface area contributed by atoms with Gasteiger partial charge in [-0.05, 0) is 20.5 Å². The zero-order valence-electron chi connectivity index (χ0n) is 11.3. The first-order valence-electron chi connectivity index (χ1n) is 6.41. The predicted octanol–water partition coefficient (Wildman–Crippen LogP) is 0.692.